The first-order valence-corrected chi connectivity index (χ1v) is 10.4. The molecule has 2 aromatic carbocycles. The minimum atomic E-state index is -3.75. The normalized spacial score (nSPS) is 11.6. The van der Waals surface area contributed by atoms with Gasteiger partial charge in [0.2, 0.25) is 4.96 Å². The Hall–Kier alpha value is -2.91. The largest absolute Gasteiger partial charge is 0.496 e. The highest BCUT2D eigenvalue weighted by atomic mass is 32.2. The highest BCUT2D eigenvalue weighted by molar-refractivity contribution is 7.92. The lowest BCUT2D eigenvalue weighted by Crippen LogP contribution is -2.14. The van der Waals surface area contributed by atoms with Gasteiger partial charge in [0.1, 0.15) is 5.75 Å². The van der Waals surface area contributed by atoms with E-state index in [1.54, 1.807) is 35.9 Å². The number of para-hydroxylation sites is 1. The Balaban J connectivity index is 1.71. The number of fused-ring (bicyclic) bond motifs is 1. The van der Waals surface area contributed by atoms with Gasteiger partial charge in [-0.3, -0.25) is 0 Å². The number of nitrogens with one attached hydrogen (secondary N) is 1. The average molecular weight is 400 g/mol. The van der Waals surface area contributed by atoms with Gasteiger partial charge in [0.25, 0.3) is 16.0 Å². The third kappa shape index (κ3) is 3.26. The number of rotatable bonds is 5. The fourth-order valence-electron chi connectivity index (χ4n) is 2.66. The first-order valence-electron chi connectivity index (χ1n) is 8.05. The molecule has 9 heteroatoms. The molecule has 2 aromatic heterocycles. The molecular formula is C18H16N4O3S2. The molecule has 0 radical (unpaired) electrons. The molecule has 4 aromatic rings. The number of methoxy groups -OCH3 is 1. The monoisotopic (exact) mass is 400 g/mol. The smallest absolute Gasteiger partial charge is 0.264 e. The second-order valence-corrected chi connectivity index (χ2v) is 8.39. The number of hydrogen-bond acceptors (Lipinski definition) is 6. The van der Waals surface area contributed by atoms with Gasteiger partial charge >= 0.3 is 0 Å². The van der Waals surface area contributed by atoms with Gasteiger partial charge in [-0.05, 0) is 31.2 Å². The second-order valence-electron chi connectivity index (χ2n) is 5.87. The lowest BCUT2D eigenvalue weighted by Gasteiger charge is -2.06. The Morgan fingerprint density at radius 1 is 1.11 bits per heavy atom. The van der Waals surface area contributed by atoms with Crippen molar-refractivity contribution in [1.29, 1.82) is 0 Å². The standard InChI is InChI=1S/C18H16N4O3S2/c1-12-7-9-13(10-8-12)27(23,24)21-17-19-18-22(20-17)15(11-26-18)14-5-3-4-6-16(14)25-2/h3-11H,1-2H3,(H,20,21). The molecule has 4 rings (SSSR count). The summed E-state index contributed by atoms with van der Waals surface area (Å²) < 4.78 is 34.6. The summed E-state index contributed by atoms with van der Waals surface area (Å²) >= 11 is 1.37. The van der Waals surface area contributed by atoms with E-state index in [1.165, 1.54) is 11.3 Å². The van der Waals surface area contributed by atoms with E-state index < -0.39 is 10.0 Å². The summed E-state index contributed by atoms with van der Waals surface area (Å²) in [7, 11) is -2.15. The summed E-state index contributed by atoms with van der Waals surface area (Å²) in [6.07, 6.45) is 0. The van der Waals surface area contributed by atoms with Crippen molar-refractivity contribution in [2.24, 2.45) is 0 Å². The van der Waals surface area contributed by atoms with Crippen LogP contribution in [-0.2, 0) is 10.0 Å². The molecule has 0 saturated heterocycles. The van der Waals surface area contributed by atoms with Gasteiger partial charge in [-0.25, -0.2) is 17.7 Å². The van der Waals surface area contributed by atoms with E-state index in [2.05, 4.69) is 14.8 Å². The molecule has 138 valence electrons. The number of ether oxygens (including phenoxy) is 1. The zero-order chi connectivity index (χ0) is 19.0. The number of benzene rings is 2. The summed E-state index contributed by atoms with van der Waals surface area (Å²) in [5.74, 6) is 0.730. The molecule has 0 aliphatic rings. The zero-order valence-corrected chi connectivity index (χ0v) is 16.2. The maximum atomic E-state index is 12.5. The van der Waals surface area contributed by atoms with E-state index in [9.17, 15) is 8.42 Å². The molecular weight excluding hydrogens is 384 g/mol. The molecule has 0 bridgehead atoms. The third-order valence-electron chi connectivity index (χ3n) is 4.02. The first kappa shape index (κ1) is 17.5. The van der Waals surface area contributed by atoms with Crippen LogP contribution in [0.3, 0.4) is 0 Å². The molecule has 0 unspecified atom stereocenters. The number of aromatic nitrogens is 3. The van der Waals surface area contributed by atoms with Crippen LogP contribution in [0.1, 0.15) is 5.56 Å². The van der Waals surface area contributed by atoms with Gasteiger partial charge in [-0.15, -0.1) is 16.4 Å². The maximum absolute atomic E-state index is 12.5. The summed E-state index contributed by atoms with van der Waals surface area (Å²) in [5, 5.41) is 6.23. The summed E-state index contributed by atoms with van der Waals surface area (Å²) in [5.41, 5.74) is 2.61. The second kappa shape index (κ2) is 6.67. The van der Waals surface area contributed by atoms with Gasteiger partial charge in [0, 0.05) is 10.9 Å². The van der Waals surface area contributed by atoms with Crippen LogP contribution in [0.25, 0.3) is 16.2 Å². The van der Waals surface area contributed by atoms with Crippen LogP contribution < -0.4 is 9.46 Å². The molecule has 7 nitrogen and oxygen atoms in total. The summed E-state index contributed by atoms with van der Waals surface area (Å²) in [6.45, 7) is 1.90. The molecule has 1 N–H and O–H groups in total. The number of thiazole rings is 1. The maximum Gasteiger partial charge on any atom is 0.264 e. The quantitative estimate of drug-likeness (QED) is 0.553. The number of anilines is 1. The Kier molecular flexibility index (Phi) is 4.33. The Bertz CT molecular complexity index is 1210. The number of sulfonamides is 1. The Labute approximate surface area is 160 Å². The molecule has 0 spiro atoms. The highest BCUT2D eigenvalue weighted by Gasteiger charge is 2.19. The van der Waals surface area contributed by atoms with Crippen LogP contribution in [0.15, 0.2) is 58.8 Å². The van der Waals surface area contributed by atoms with E-state index in [0.29, 0.717) is 10.7 Å². The van der Waals surface area contributed by atoms with Gasteiger partial charge in [-0.2, -0.15) is 4.98 Å². The molecule has 0 atom stereocenters. The SMILES string of the molecule is COc1ccccc1-c1csc2nc(NS(=O)(=O)c3ccc(C)cc3)nn12. The molecule has 0 aliphatic carbocycles. The lowest BCUT2D eigenvalue weighted by molar-refractivity contribution is 0.416. The number of hydrogen-bond donors (Lipinski definition) is 1. The van der Waals surface area contributed by atoms with Crippen LogP contribution in [-0.4, -0.2) is 30.1 Å². The highest BCUT2D eigenvalue weighted by Crippen LogP contribution is 2.32. The summed E-state index contributed by atoms with van der Waals surface area (Å²) in [4.78, 5) is 5.03. The number of nitrogens with zero attached hydrogens (tertiary/aromatic N) is 3. The van der Waals surface area contributed by atoms with Gasteiger partial charge in [0.05, 0.1) is 17.7 Å². The van der Waals surface area contributed by atoms with E-state index >= 15 is 0 Å². The van der Waals surface area contributed by atoms with Crippen molar-refractivity contribution < 1.29 is 13.2 Å². The number of aryl methyl sites for hydroxylation is 1. The Morgan fingerprint density at radius 3 is 2.59 bits per heavy atom. The zero-order valence-electron chi connectivity index (χ0n) is 14.6. The van der Waals surface area contributed by atoms with E-state index in [4.69, 9.17) is 4.74 Å². The predicted molar refractivity (Wildman–Crippen MR) is 105 cm³/mol. The summed E-state index contributed by atoms with van der Waals surface area (Å²) in [6, 6.07) is 14.1. The predicted octanol–water partition coefficient (Wildman–Crippen LogP) is 3.58. The topological polar surface area (TPSA) is 85.6 Å². The average Bonchev–Trinajstić information content (AvgIpc) is 3.21. The van der Waals surface area contributed by atoms with Gasteiger partial charge < -0.3 is 4.74 Å². The Morgan fingerprint density at radius 2 is 1.85 bits per heavy atom. The minimum absolute atomic E-state index is 0.0265. The molecule has 27 heavy (non-hydrogen) atoms. The van der Waals surface area contributed by atoms with E-state index in [0.717, 1.165) is 16.8 Å². The molecule has 2 heterocycles. The lowest BCUT2D eigenvalue weighted by atomic mass is 10.1. The van der Waals surface area contributed by atoms with Crippen molar-refractivity contribution in [3.05, 3.63) is 59.5 Å². The molecule has 0 saturated carbocycles. The fourth-order valence-corrected chi connectivity index (χ4v) is 4.42. The van der Waals surface area contributed by atoms with Crippen LogP contribution in [0.5, 0.6) is 5.75 Å². The minimum Gasteiger partial charge on any atom is -0.496 e. The van der Waals surface area contributed by atoms with Crippen molar-refractivity contribution in [2.75, 3.05) is 11.8 Å². The van der Waals surface area contributed by atoms with Crippen molar-refractivity contribution >= 4 is 32.3 Å². The third-order valence-corrected chi connectivity index (χ3v) is 6.18. The van der Waals surface area contributed by atoms with Crippen LogP contribution >= 0.6 is 11.3 Å². The van der Waals surface area contributed by atoms with Crippen LogP contribution in [0, 0.1) is 6.92 Å². The van der Waals surface area contributed by atoms with Crippen LogP contribution in [0.2, 0.25) is 0 Å². The van der Waals surface area contributed by atoms with Crippen LogP contribution in [0.4, 0.5) is 5.95 Å². The first-order chi connectivity index (χ1) is 13.0. The van der Waals surface area contributed by atoms with Crippen molar-refractivity contribution in [2.45, 2.75) is 11.8 Å². The van der Waals surface area contributed by atoms with Gasteiger partial charge in [-0.1, -0.05) is 29.8 Å². The van der Waals surface area contributed by atoms with Gasteiger partial charge in [0.15, 0.2) is 0 Å². The van der Waals surface area contributed by atoms with E-state index in [-0.39, 0.29) is 10.8 Å². The molecule has 0 amide bonds. The van der Waals surface area contributed by atoms with Crippen molar-refractivity contribution in [3.8, 4) is 17.0 Å². The van der Waals surface area contributed by atoms with Crippen molar-refractivity contribution in [3.63, 3.8) is 0 Å². The van der Waals surface area contributed by atoms with Crippen molar-refractivity contribution in [1.82, 2.24) is 14.6 Å². The fraction of sp³-hybridized carbons (Fsp3) is 0.111. The van der Waals surface area contributed by atoms with E-state index in [1.807, 2.05) is 36.6 Å². The molecule has 0 aliphatic heterocycles. The molecule has 0 fully saturated rings.